The minimum atomic E-state index is 0.630. The fraction of sp³-hybridized carbons (Fsp3) is 0.250. The Bertz CT molecular complexity index is 584. The normalized spacial score (nSPS) is 10.1. The van der Waals surface area contributed by atoms with Crippen LogP contribution in [0.4, 0.5) is 5.69 Å². The van der Waals surface area contributed by atoms with Crippen molar-refractivity contribution in [1.82, 2.24) is 14.8 Å². The van der Waals surface area contributed by atoms with E-state index in [0.717, 1.165) is 29.0 Å². The molecule has 0 fully saturated rings. The van der Waals surface area contributed by atoms with E-state index < -0.39 is 0 Å². The maximum atomic E-state index is 8.88. The van der Waals surface area contributed by atoms with Crippen LogP contribution in [-0.2, 0) is 13.5 Å². The van der Waals surface area contributed by atoms with Crippen molar-refractivity contribution in [2.45, 2.75) is 6.42 Å². The van der Waals surface area contributed by atoms with Crippen LogP contribution in [0.5, 0.6) is 0 Å². The standard InChI is InChI=1S/C12H12BrN5/c1-18-8-16-17-12(18)2-3-15-11-5-9(7-14)4-10(13)6-11/h4-6,8,15H,2-3H2,1H3. The van der Waals surface area contributed by atoms with Gasteiger partial charge in [0.25, 0.3) is 0 Å². The molecule has 0 saturated carbocycles. The van der Waals surface area contributed by atoms with Crippen LogP contribution in [0, 0.1) is 11.3 Å². The van der Waals surface area contributed by atoms with Gasteiger partial charge >= 0.3 is 0 Å². The van der Waals surface area contributed by atoms with Crippen LogP contribution in [0.25, 0.3) is 0 Å². The van der Waals surface area contributed by atoms with Gasteiger partial charge in [0.1, 0.15) is 12.2 Å². The first kappa shape index (κ1) is 12.6. The van der Waals surface area contributed by atoms with Gasteiger partial charge < -0.3 is 9.88 Å². The number of hydrogen-bond donors (Lipinski definition) is 1. The summed E-state index contributed by atoms with van der Waals surface area (Å²) >= 11 is 3.38. The average molecular weight is 306 g/mol. The Morgan fingerprint density at radius 3 is 2.94 bits per heavy atom. The molecule has 0 radical (unpaired) electrons. The van der Waals surface area contributed by atoms with Gasteiger partial charge in [0.05, 0.1) is 11.6 Å². The first-order valence-corrected chi connectivity index (χ1v) is 6.26. The molecule has 0 saturated heterocycles. The van der Waals surface area contributed by atoms with Crippen LogP contribution in [0.15, 0.2) is 29.0 Å². The Hall–Kier alpha value is -1.87. The number of benzene rings is 1. The number of nitriles is 1. The highest BCUT2D eigenvalue weighted by atomic mass is 79.9. The zero-order valence-corrected chi connectivity index (χ0v) is 11.5. The van der Waals surface area contributed by atoms with E-state index in [4.69, 9.17) is 5.26 Å². The summed E-state index contributed by atoms with van der Waals surface area (Å²) in [5.41, 5.74) is 1.55. The lowest BCUT2D eigenvalue weighted by Gasteiger charge is -2.07. The smallest absolute Gasteiger partial charge is 0.134 e. The zero-order valence-electron chi connectivity index (χ0n) is 9.89. The summed E-state index contributed by atoms with van der Waals surface area (Å²) in [6, 6.07) is 7.67. The summed E-state index contributed by atoms with van der Waals surface area (Å²) in [6.07, 6.45) is 2.47. The second-order valence-electron chi connectivity index (χ2n) is 3.88. The van der Waals surface area contributed by atoms with Crippen LogP contribution in [-0.4, -0.2) is 21.3 Å². The molecule has 0 aliphatic heterocycles. The van der Waals surface area contributed by atoms with Gasteiger partial charge in [0, 0.05) is 30.2 Å². The van der Waals surface area contributed by atoms with Gasteiger partial charge in [0.15, 0.2) is 0 Å². The molecule has 1 aromatic heterocycles. The lowest BCUT2D eigenvalue weighted by molar-refractivity contribution is 0.788. The van der Waals surface area contributed by atoms with Gasteiger partial charge in [-0.1, -0.05) is 15.9 Å². The molecule has 0 aliphatic carbocycles. The number of anilines is 1. The molecule has 1 heterocycles. The van der Waals surface area contributed by atoms with Gasteiger partial charge in [-0.15, -0.1) is 10.2 Å². The summed E-state index contributed by atoms with van der Waals surface area (Å²) in [6.45, 7) is 0.744. The minimum absolute atomic E-state index is 0.630. The van der Waals surface area contributed by atoms with Crippen LogP contribution in [0.1, 0.15) is 11.4 Å². The number of halogens is 1. The van der Waals surface area contributed by atoms with Gasteiger partial charge in [-0.2, -0.15) is 5.26 Å². The molecule has 0 unspecified atom stereocenters. The van der Waals surface area contributed by atoms with E-state index in [9.17, 15) is 0 Å². The quantitative estimate of drug-likeness (QED) is 0.939. The maximum absolute atomic E-state index is 8.88. The molecular formula is C12H12BrN5. The molecule has 0 aliphatic rings. The van der Waals surface area contributed by atoms with Crippen molar-refractivity contribution in [3.63, 3.8) is 0 Å². The van der Waals surface area contributed by atoms with Crippen LogP contribution in [0.2, 0.25) is 0 Å². The first-order chi connectivity index (χ1) is 8.69. The lowest BCUT2D eigenvalue weighted by Crippen LogP contribution is -2.08. The van der Waals surface area contributed by atoms with E-state index in [1.165, 1.54) is 0 Å². The predicted molar refractivity (Wildman–Crippen MR) is 72.1 cm³/mol. The summed E-state index contributed by atoms with van der Waals surface area (Å²) in [7, 11) is 1.92. The van der Waals surface area contributed by atoms with E-state index in [2.05, 4.69) is 37.5 Å². The zero-order chi connectivity index (χ0) is 13.0. The largest absolute Gasteiger partial charge is 0.385 e. The van der Waals surface area contributed by atoms with E-state index in [1.54, 1.807) is 12.4 Å². The monoisotopic (exact) mass is 305 g/mol. The predicted octanol–water partition coefficient (Wildman–Crippen LogP) is 2.10. The topological polar surface area (TPSA) is 66.5 Å². The highest BCUT2D eigenvalue weighted by molar-refractivity contribution is 9.10. The minimum Gasteiger partial charge on any atom is -0.385 e. The van der Waals surface area contributed by atoms with Crippen molar-refractivity contribution in [1.29, 1.82) is 5.26 Å². The second kappa shape index (κ2) is 5.65. The third kappa shape index (κ3) is 3.08. The SMILES string of the molecule is Cn1cnnc1CCNc1cc(Br)cc(C#N)c1. The molecular weight excluding hydrogens is 294 g/mol. The molecule has 2 aromatic rings. The molecule has 1 aromatic carbocycles. The Morgan fingerprint density at radius 1 is 1.44 bits per heavy atom. The van der Waals surface area contributed by atoms with Crippen LogP contribution in [0.3, 0.4) is 0 Å². The fourth-order valence-corrected chi connectivity index (χ4v) is 2.10. The molecule has 5 nitrogen and oxygen atoms in total. The van der Waals surface area contributed by atoms with Gasteiger partial charge in [0.2, 0.25) is 0 Å². The molecule has 2 rings (SSSR count). The molecule has 0 bridgehead atoms. The molecule has 0 spiro atoms. The molecule has 0 atom stereocenters. The highest BCUT2D eigenvalue weighted by Crippen LogP contribution is 2.19. The molecule has 92 valence electrons. The Morgan fingerprint density at radius 2 is 2.28 bits per heavy atom. The van der Waals surface area contributed by atoms with Crippen molar-refractivity contribution in [2.75, 3.05) is 11.9 Å². The lowest BCUT2D eigenvalue weighted by atomic mass is 10.2. The van der Waals surface area contributed by atoms with Crippen LogP contribution < -0.4 is 5.32 Å². The van der Waals surface area contributed by atoms with Crippen molar-refractivity contribution >= 4 is 21.6 Å². The maximum Gasteiger partial charge on any atom is 0.134 e. The summed E-state index contributed by atoms with van der Waals surface area (Å²) < 4.78 is 2.78. The van der Waals surface area contributed by atoms with E-state index >= 15 is 0 Å². The second-order valence-corrected chi connectivity index (χ2v) is 4.79. The first-order valence-electron chi connectivity index (χ1n) is 5.46. The summed E-state index contributed by atoms with van der Waals surface area (Å²) in [5, 5.41) is 20.0. The molecule has 0 amide bonds. The summed E-state index contributed by atoms with van der Waals surface area (Å²) in [4.78, 5) is 0. The van der Waals surface area contributed by atoms with Crippen molar-refractivity contribution in [3.8, 4) is 6.07 Å². The van der Waals surface area contributed by atoms with Crippen molar-refractivity contribution in [2.24, 2.45) is 7.05 Å². The van der Waals surface area contributed by atoms with Crippen molar-refractivity contribution < 1.29 is 0 Å². The Labute approximate surface area is 114 Å². The number of nitrogens with one attached hydrogen (secondary N) is 1. The van der Waals surface area contributed by atoms with Crippen LogP contribution >= 0.6 is 15.9 Å². The molecule has 18 heavy (non-hydrogen) atoms. The Balaban J connectivity index is 1.97. The van der Waals surface area contributed by atoms with Gasteiger partial charge in [-0.25, -0.2) is 0 Å². The van der Waals surface area contributed by atoms with E-state index in [-0.39, 0.29) is 0 Å². The Kier molecular flexibility index (Phi) is 3.95. The van der Waals surface area contributed by atoms with E-state index in [1.807, 2.05) is 23.7 Å². The number of rotatable bonds is 4. The van der Waals surface area contributed by atoms with Crippen molar-refractivity contribution in [3.05, 3.63) is 40.4 Å². The average Bonchev–Trinajstić information content (AvgIpc) is 2.74. The molecule has 1 N–H and O–H groups in total. The van der Waals surface area contributed by atoms with E-state index in [0.29, 0.717) is 5.56 Å². The van der Waals surface area contributed by atoms with Gasteiger partial charge in [-0.05, 0) is 18.2 Å². The third-order valence-electron chi connectivity index (χ3n) is 2.51. The number of aromatic nitrogens is 3. The fourth-order valence-electron chi connectivity index (χ4n) is 1.61. The highest BCUT2D eigenvalue weighted by Gasteiger charge is 2.01. The number of nitrogens with zero attached hydrogens (tertiary/aromatic N) is 4. The van der Waals surface area contributed by atoms with Gasteiger partial charge in [-0.3, -0.25) is 0 Å². The third-order valence-corrected chi connectivity index (χ3v) is 2.97. The number of aryl methyl sites for hydroxylation is 1. The molecule has 6 heteroatoms. The number of hydrogen-bond acceptors (Lipinski definition) is 4. The summed E-state index contributed by atoms with van der Waals surface area (Å²) in [5.74, 6) is 0.929.